The fourth-order valence-electron chi connectivity index (χ4n) is 1.84. The van der Waals surface area contributed by atoms with E-state index in [2.05, 4.69) is 41.2 Å². The van der Waals surface area contributed by atoms with Crippen molar-refractivity contribution < 1.29 is 4.74 Å². The molecule has 0 saturated carbocycles. The van der Waals surface area contributed by atoms with Crippen molar-refractivity contribution in [3.63, 3.8) is 0 Å². The first-order valence-corrected chi connectivity index (χ1v) is 7.53. The normalized spacial score (nSPS) is 12.8. The van der Waals surface area contributed by atoms with E-state index in [-0.39, 0.29) is 0 Å². The Bertz CT molecular complexity index is 371. The molecule has 1 unspecified atom stereocenters. The fraction of sp³-hybridized carbons (Fsp3) is 0.571. The minimum Gasteiger partial charge on any atom is -0.497 e. The number of methoxy groups -OCH3 is 1. The molecule has 102 valence electrons. The number of benzene rings is 1. The van der Waals surface area contributed by atoms with Gasteiger partial charge in [-0.1, -0.05) is 29.8 Å². The molecule has 0 saturated heterocycles. The van der Waals surface area contributed by atoms with E-state index in [1.165, 1.54) is 5.56 Å². The highest BCUT2D eigenvalue weighted by molar-refractivity contribution is 9.10. The summed E-state index contributed by atoms with van der Waals surface area (Å²) in [5.41, 5.74) is 1.20. The molecule has 4 heteroatoms. The molecule has 1 N–H and O–H groups in total. The lowest BCUT2D eigenvalue weighted by atomic mass is 10.0. The van der Waals surface area contributed by atoms with Crippen molar-refractivity contribution in [3.05, 3.63) is 28.2 Å². The molecule has 18 heavy (non-hydrogen) atoms. The number of halogens is 2. The van der Waals surface area contributed by atoms with Gasteiger partial charge in [-0.2, -0.15) is 0 Å². The van der Waals surface area contributed by atoms with Crippen molar-refractivity contribution in [2.24, 2.45) is 5.92 Å². The standard InChI is InChI=1S/C14H21BrClNO/c1-10(2)14(6-7-16)17-9-11-8-12(18-3)4-5-13(11)15/h4-5,8,10,14,17H,6-7,9H2,1-3H3. The molecular weight excluding hydrogens is 314 g/mol. The molecule has 0 bridgehead atoms. The second kappa shape index (κ2) is 8.03. The highest BCUT2D eigenvalue weighted by atomic mass is 79.9. The minimum absolute atomic E-state index is 0.445. The quantitative estimate of drug-likeness (QED) is 0.755. The average molecular weight is 335 g/mol. The van der Waals surface area contributed by atoms with Gasteiger partial charge in [0.05, 0.1) is 7.11 Å². The monoisotopic (exact) mass is 333 g/mol. The van der Waals surface area contributed by atoms with Crippen molar-refractivity contribution in [1.29, 1.82) is 0 Å². The predicted octanol–water partition coefficient (Wildman–Crippen LogP) is 4.20. The van der Waals surface area contributed by atoms with E-state index in [0.717, 1.165) is 23.2 Å². The van der Waals surface area contributed by atoms with Crippen LogP contribution in [0.15, 0.2) is 22.7 Å². The van der Waals surface area contributed by atoms with E-state index in [4.69, 9.17) is 16.3 Å². The Morgan fingerprint density at radius 1 is 1.39 bits per heavy atom. The summed E-state index contributed by atoms with van der Waals surface area (Å²) in [6, 6.07) is 6.46. The van der Waals surface area contributed by atoms with Crippen LogP contribution in [0, 0.1) is 5.92 Å². The van der Waals surface area contributed by atoms with E-state index >= 15 is 0 Å². The van der Waals surface area contributed by atoms with Gasteiger partial charge in [0.15, 0.2) is 0 Å². The van der Waals surface area contributed by atoms with Crippen molar-refractivity contribution in [1.82, 2.24) is 5.32 Å². The molecule has 1 aromatic rings. The Morgan fingerprint density at radius 2 is 2.11 bits per heavy atom. The molecule has 1 aromatic carbocycles. The molecule has 0 amide bonds. The Balaban J connectivity index is 2.66. The molecule has 0 aliphatic rings. The lowest BCUT2D eigenvalue weighted by Gasteiger charge is -2.22. The molecule has 0 heterocycles. The Hall–Kier alpha value is -0.250. The second-order valence-electron chi connectivity index (χ2n) is 4.67. The summed E-state index contributed by atoms with van der Waals surface area (Å²) < 4.78 is 6.34. The van der Waals surface area contributed by atoms with Crippen LogP contribution in [0.4, 0.5) is 0 Å². The molecule has 0 aliphatic heterocycles. The molecule has 1 rings (SSSR count). The number of ether oxygens (including phenoxy) is 1. The van der Waals surface area contributed by atoms with Crippen molar-refractivity contribution in [2.45, 2.75) is 32.9 Å². The molecular formula is C14H21BrClNO. The van der Waals surface area contributed by atoms with Crippen LogP contribution in [0.5, 0.6) is 5.75 Å². The topological polar surface area (TPSA) is 21.3 Å². The number of hydrogen-bond donors (Lipinski definition) is 1. The maximum Gasteiger partial charge on any atom is 0.119 e. The highest BCUT2D eigenvalue weighted by Gasteiger charge is 2.12. The van der Waals surface area contributed by atoms with Gasteiger partial charge in [0.25, 0.3) is 0 Å². The van der Waals surface area contributed by atoms with Gasteiger partial charge in [-0.25, -0.2) is 0 Å². The molecule has 2 nitrogen and oxygen atoms in total. The first-order valence-electron chi connectivity index (χ1n) is 6.20. The summed E-state index contributed by atoms with van der Waals surface area (Å²) in [7, 11) is 1.69. The number of nitrogens with one attached hydrogen (secondary N) is 1. The number of hydrogen-bond acceptors (Lipinski definition) is 2. The maximum absolute atomic E-state index is 5.83. The molecule has 0 radical (unpaired) electrons. The Kier molecular flexibility index (Phi) is 7.05. The summed E-state index contributed by atoms with van der Waals surface area (Å²) in [6.07, 6.45) is 0.987. The largest absolute Gasteiger partial charge is 0.497 e. The maximum atomic E-state index is 5.83. The third-order valence-electron chi connectivity index (χ3n) is 3.03. The summed E-state index contributed by atoms with van der Waals surface area (Å²) in [4.78, 5) is 0. The van der Waals surface area contributed by atoms with Crippen LogP contribution in [0.25, 0.3) is 0 Å². The summed E-state index contributed by atoms with van der Waals surface area (Å²) in [5, 5.41) is 3.56. The first-order chi connectivity index (χ1) is 8.58. The molecule has 0 spiro atoms. The van der Waals surface area contributed by atoms with Crippen LogP contribution in [-0.4, -0.2) is 19.0 Å². The predicted molar refractivity (Wildman–Crippen MR) is 81.5 cm³/mol. The van der Waals surface area contributed by atoms with Gasteiger partial charge in [0.1, 0.15) is 5.75 Å². The fourth-order valence-corrected chi connectivity index (χ4v) is 2.47. The van der Waals surface area contributed by atoms with Crippen LogP contribution in [-0.2, 0) is 6.54 Å². The van der Waals surface area contributed by atoms with Crippen LogP contribution >= 0.6 is 27.5 Å². The smallest absolute Gasteiger partial charge is 0.119 e. The lowest BCUT2D eigenvalue weighted by Crippen LogP contribution is -2.33. The van der Waals surface area contributed by atoms with Crippen LogP contribution in [0.2, 0.25) is 0 Å². The lowest BCUT2D eigenvalue weighted by molar-refractivity contribution is 0.387. The van der Waals surface area contributed by atoms with Gasteiger partial charge in [0.2, 0.25) is 0 Å². The molecule has 0 fully saturated rings. The van der Waals surface area contributed by atoms with E-state index in [1.54, 1.807) is 7.11 Å². The van der Waals surface area contributed by atoms with Gasteiger partial charge in [-0.05, 0) is 36.1 Å². The second-order valence-corrected chi connectivity index (χ2v) is 5.90. The van der Waals surface area contributed by atoms with E-state index in [0.29, 0.717) is 17.8 Å². The van der Waals surface area contributed by atoms with E-state index in [9.17, 15) is 0 Å². The van der Waals surface area contributed by atoms with Gasteiger partial charge < -0.3 is 10.1 Å². The summed E-state index contributed by atoms with van der Waals surface area (Å²) in [5.74, 6) is 2.15. The van der Waals surface area contributed by atoms with Gasteiger partial charge in [0, 0.05) is 22.9 Å². The zero-order chi connectivity index (χ0) is 13.5. The molecule has 0 aliphatic carbocycles. The van der Waals surface area contributed by atoms with Crippen molar-refractivity contribution >= 4 is 27.5 Å². The zero-order valence-electron chi connectivity index (χ0n) is 11.2. The number of alkyl halides is 1. The van der Waals surface area contributed by atoms with Gasteiger partial charge in [-0.3, -0.25) is 0 Å². The van der Waals surface area contributed by atoms with Crippen LogP contribution < -0.4 is 10.1 Å². The van der Waals surface area contributed by atoms with Crippen molar-refractivity contribution in [2.75, 3.05) is 13.0 Å². The third-order valence-corrected chi connectivity index (χ3v) is 4.02. The third kappa shape index (κ3) is 4.79. The van der Waals surface area contributed by atoms with E-state index in [1.807, 2.05) is 12.1 Å². The highest BCUT2D eigenvalue weighted by Crippen LogP contribution is 2.22. The Morgan fingerprint density at radius 3 is 2.67 bits per heavy atom. The minimum atomic E-state index is 0.445. The van der Waals surface area contributed by atoms with E-state index < -0.39 is 0 Å². The first kappa shape index (κ1) is 15.8. The van der Waals surface area contributed by atoms with Gasteiger partial charge in [-0.15, -0.1) is 11.6 Å². The molecule has 1 atom stereocenters. The van der Waals surface area contributed by atoms with Crippen LogP contribution in [0.3, 0.4) is 0 Å². The summed E-state index contributed by atoms with van der Waals surface area (Å²) in [6.45, 7) is 5.24. The number of rotatable bonds is 7. The van der Waals surface area contributed by atoms with Gasteiger partial charge >= 0.3 is 0 Å². The van der Waals surface area contributed by atoms with Crippen LogP contribution in [0.1, 0.15) is 25.8 Å². The zero-order valence-corrected chi connectivity index (χ0v) is 13.5. The average Bonchev–Trinajstić information content (AvgIpc) is 2.35. The summed E-state index contributed by atoms with van der Waals surface area (Å²) >= 11 is 9.40. The SMILES string of the molecule is COc1ccc(Br)c(CNC(CCCl)C(C)C)c1. The molecule has 0 aromatic heterocycles. The van der Waals surface area contributed by atoms with Crippen molar-refractivity contribution in [3.8, 4) is 5.75 Å². The Labute approximate surface area is 123 Å².